The van der Waals surface area contributed by atoms with Gasteiger partial charge < -0.3 is 30.3 Å². The van der Waals surface area contributed by atoms with E-state index in [2.05, 4.69) is 10.6 Å². The molecule has 0 bridgehead atoms. The number of carbonyl (C=O) groups excluding carboxylic acids is 1. The van der Waals surface area contributed by atoms with Crippen LogP contribution in [-0.4, -0.2) is 81.4 Å². The van der Waals surface area contributed by atoms with Crippen molar-refractivity contribution in [3.63, 3.8) is 0 Å². The van der Waals surface area contributed by atoms with Crippen molar-refractivity contribution in [3.8, 4) is 5.75 Å². The average molecular weight is 606 g/mol. The number of nitrogens with one attached hydrogen (secondary N) is 2. The third-order valence-electron chi connectivity index (χ3n) is 7.24. The van der Waals surface area contributed by atoms with Crippen molar-refractivity contribution in [2.75, 3.05) is 52.5 Å². The fourth-order valence-corrected chi connectivity index (χ4v) is 6.39. The van der Waals surface area contributed by atoms with Gasteiger partial charge in [-0.05, 0) is 74.0 Å². The monoisotopic (exact) mass is 605 g/mol. The molecule has 0 aromatic heterocycles. The number of piperazine rings is 1. The van der Waals surface area contributed by atoms with Crippen LogP contribution in [0.15, 0.2) is 47.4 Å². The Morgan fingerprint density at radius 2 is 1.76 bits per heavy atom. The fraction of sp³-hybridized carbons (Fsp3) is 0.581. The van der Waals surface area contributed by atoms with Gasteiger partial charge in [0.25, 0.3) is 0 Å². The highest BCUT2D eigenvalue weighted by Crippen LogP contribution is 2.24. The minimum atomic E-state index is -3.43. The van der Waals surface area contributed by atoms with Crippen molar-refractivity contribution in [1.82, 2.24) is 14.9 Å². The molecule has 0 aliphatic carbocycles. The Balaban J connectivity index is 1.19. The second-order valence-electron chi connectivity index (χ2n) is 10.6. The Hall–Kier alpha value is -2.38. The van der Waals surface area contributed by atoms with Gasteiger partial charge in [-0.3, -0.25) is 4.79 Å². The summed E-state index contributed by atoms with van der Waals surface area (Å²) >= 11 is 0. The molecule has 234 valence electrons. The number of benzene rings is 2. The molecule has 0 spiro atoms. The maximum Gasteiger partial charge on any atom is 0.308 e. The van der Waals surface area contributed by atoms with Gasteiger partial charge in [-0.25, -0.2) is 8.42 Å². The van der Waals surface area contributed by atoms with Crippen molar-refractivity contribution in [2.24, 2.45) is 0 Å². The Kier molecular flexibility index (Phi) is 14.9. The topological polar surface area (TPSA) is 137 Å². The number of unbranched alkanes of at least 4 members (excludes halogenated alkanes) is 4. The van der Waals surface area contributed by atoms with Crippen molar-refractivity contribution in [1.29, 1.82) is 0 Å². The summed E-state index contributed by atoms with van der Waals surface area (Å²) in [6.45, 7) is 6.07. The highest BCUT2D eigenvalue weighted by atomic mass is 32.2. The first kappa shape index (κ1) is 34.1. The second kappa shape index (κ2) is 18.3. The molecule has 11 heteroatoms. The summed E-state index contributed by atoms with van der Waals surface area (Å²) in [7, 11) is -3.43. The summed E-state index contributed by atoms with van der Waals surface area (Å²) < 4.78 is 38.2. The molecule has 10 nitrogen and oxygen atoms in total. The summed E-state index contributed by atoms with van der Waals surface area (Å²) in [5, 5.41) is 26.4. The van der Waals surface area contributed by atoms with Crippen LogP contribution in [-0.2, 0) is 32.6 Å². The highest BCUT2D eigenvalue weighted by molar-refractivity contribution is 7.89. The van der Waals surface area contributed by atoms with Crippen LogP contribution in [0.1, 0.15) is 68.2 Å². The maximum atomic E-state index is 12.9. The molecular formula is C31H47N3O7S. The zero-order chi connectivity index (χ0) is 30.2. The van der Waals surface area contributed by atoms with E-state index < -0.39 is 22.1 Å². The fourth-order valence-electron chi connectivity index (χ4n) is 4.88. The van der Waals surface area contributed by atoms with Crippen molar-refractivity contribution in [3.05, 3.63) is 59.2 Å². The lowest BCUT2D eigenvalue weighted by molar-refractivity contribution is -0.131. The molecule has 1 atom stereocenters. The molecule has 0 unspecified atom stereocenters. The predicted octanol–water partition coefficient (Wildman–Crippen LogP) is 2.92. The molecule has 0 saturated carbocycles. The smallest absolute Gasteiger partial charge is 0.308 e. The first-order valence-electron chi connectivity index (χ1n) is 15.0. The molecule has 3 rings (SSSR count). The second-order valence-corrected chi connectivity index (χ2v) is 12.6. The summed E-state index contributed by atoms with van der Waals surface area (Å²) in [4.78, 5) is 11.5. The number of aliphatic hydroxyl groups excluding tert-OH is 2. The van der Waals surface area contributed by atoms with Crippen LogP contribution in [0.4, 0.5) is 0 Å². The van der Waals surface area contributed by atoms with E-state index in [1.54, 1.807) is 28.6 Å². The van der Waals surface area contributed by atoms with Gasteiger partial charge in [-0.1, -0.05) is 31.0 Å². The minimum Gasteiger partial charge on any atom is -0.426 e. The van der Waals surface area contributed by atoms with E-state index in [-0.39, 0.29) is 6.61 Å². The molecule has 4 N–H and O–H groups in total. The van der Waals surface area contributed by atoms with E-state index in [9.17, 15) is 23.4 Å². The first-order chi connectivity index (χ1) is 20.3. The van der Waals surface area contributed by atoms with E-state index in [4.69, 9.17) is 9.47 Å². The number of aryl methyl sites for hydroxylation is 1. The Bertz CT molecular complexity index is 1200. The standard InChI is InChI=1S/C31H47N3O7S/c1-25(36)41-31-13-12-27(22-28(31)24-35)30(37)23-33-14-5-2-3-6-19-40-20-7-4-9-26-10-8-11-29(21-26)42(38,39)34-17-15-32-16-18-34/h8,10-13,21-22,30,32-33,35,37H,2-7,9,14-20,23-24H2,1H3/t30-/m0/s1. The van der Waals surface area contributed by atoms with Crippen molar-refractivity contribution < 1.29 is 32.9 Å². The number of esters is 1. The van der Waals surface area contributed by atoms with Crippen LogP contribution in [0, 0.1) is 0 Å². The van der Waals surface area contributed by atoms with Crippen LogP contribution in [0.2, 0.25) is 0 Å². The number of aliphatic hydroxyl groups is 2. The van der Waals surface area contributed by atoms with Crippen LogP contribution < -0.4 is 15.4 Å². The van der Waals surface area contributed by atoms with Crippen LogP contribution >= 0.6 is 0 Å². The molecule has 1 heterocycles. The summed E-state index contributed by atoms with van der Waals surface area (Å²) in [6.07, 6.45) is 6.17. The highest BCUT2D eigenvalue weighted by Gasteiger charge is 2.25. The Morgan fingerprint density at radius 3 is 2.50 bits per heavy atom. The van der Waals surface area contributed by atoms with Crippen LogP contribution in [0.3, 0.4) is 0 Å². The van der Waals surface area contributed by atoms with Gasteiger partial charge in [-0.2, -0.15) is 4.31 Å². The van der Waals surface area contributed by atoms with E-state index in [0.717, 1.165) is 63.7 Å². The quantitative estimate of drug-likeness (QED) is 0.108. The van der Waals surface area contributed by atoms with Gasteiger partial charge in [0.05, 0.1) is 17.6 Å². The molecule has 1 aliphatic heterocycles. The van der Waals surface area contributed by atoms with Gasteiger partial charge in [0.2, 0.25) is 10.0 Å². The summed E-state index contributed by atoms with van der Waals surface area (Å²) in [5.41, 5.74) is 2.17. The number of carbonyl (C=O) groups is 1. The number of rotatable bonds is 19. The SMILES string of the molecule is CC(=O)Oc1ccc([C@@H](O)CNCCCCCCOCCCCc2cccc(S(=O)(=O)N3CCNCC3)c2)cc1CO. The molecule has 2 aromatic rings. The maximum absolute atomic E-state index is 12.9. The van der Waals surface area contributed by atoms with E-state index in [0.29, 0.717) is 61.1 Å². The number of nitrogens with zero attached hydrogens (tertiary/aromatic N) is 1. The molecule has 42 heavy (non-hydrogen) atoms. The van der Waals surface area contributed by atoms with Gasteiger partial charge in [0.1, 0.15) is 5.75 Å². The Morgan fingerprint density at radius 1 is 1.02 bits per heavy atom. The predicted molar refractivity (Wildman–Crippen MR) is 162 cm³/mol. The lowest BCUT2D eigenvalue weighted by Crippen LogP contribution is -2.46. The van der Waals surface area contributed by atoms with Crippen molar-refractivity contribution in [2.45, 2.75) is 69.5 Å². The number of hydrogen-bond acceptors (Lipinski definition) is 9. The van der Waals surface area contributed by atoms with Crippen molar-refractivity contribution >= 4 is 16.0 Å². The molecule has 2 aromatic carbocycles. The zero-order valence-corrected chi connectivity index (χ0v) is 25.5. The third kappa shape index (κ3) is 11.4. The summed E-state index contributed by atoms with van der Waals surface area (Å²) in [6, 6.07) is 12.3. The molecule has 1 fully saturated rings. The lowest BCUT2D eigenvalue weighted by Gasteiger charge is -2.26. The van der Waals surface area contributed by atoms with Crippen LogP contribution in [0.25, 0.3) is 0 Å². The molecule has 0 amide bonds. The zero-order valence-electron chi connectivity index (χ0n) is 24.7. The summed E-state index contributed by atoms with van der Waals surface area (Å²) in [5.74, 6) is -0.150. The Labute approximate surface area is 250 Å². The normalized spacial score (nSPS) is 15.0. The van der Waals surface area contributed by atoms with E-state index in [1.165, 1.54) is 6.92 Å². The molecule has 1 aliphatic rings. The first-order valence-corrected chi connectivity index (χ1v) is 16.4. The van der Waals surface area contributed by atoms with E-state index in [1.807, 2.05) is 18.2 Å². The van der Waals surface area contributed by atoms with Gasteiger partial charge in [0, 0.05) is 58.4 Å². The van der Waals surface area contributed by atoms with Gasteiger partial charge in [-0.15, -0.1) is 0 Å². The molecular weight excluding hydrogens is 558 g/mol. The van der Waals surface area contributed by atoms with Gasteiger partial charge in [0.15, 0.2) is 0 Å². The van der Waals surface area contributed by atoms with E-state index >= 15 is 0 Å². The van der Waals surface area contributed by atoms with Gasteiger partial charge >= 0.3 is 5.97 Å². The number of hydrogen-bond donors (Lipinski definition) is 4. The molecule has 1 saturated heterocycles. The van der Waals surface area contributed by atoms with Crippen LogP contribution in [0.5, 0.6) is 5.75 Å². The lowest BCUT2D eigenvalue weighted by atomic mass is 10.1. The average Bonchev–Trinajstić information content (AvgIpc) is 2.99. The number of sulfonamides is 1. The molecule has 0 radical (unpaired) electrons. The minimum absolute atomic E-state index is 0.277. The third-order valence-corrected chi connectivity index (χ3v) is 9.13. The number of ether oxygens (including phenoxy) is 2. The largest absolute Gasteiger partial charge is 0.426 e.